The van der Waals surface area contributed by atoms with Gasteiger partial charge in [-0.1, -0.05) is 6.92 Å². The van der Waals surface area contributed by atoms with E-state index in [9.17, 15) is 8.42 Å². The van der Waals surface area contributed by atoms with E-state index in [1.54, 1.807) is 4.68 Å². The van der Waals surface area contributed by atoms with Crippen molar-refractivity contribution in [2.45, 2.75) is 57.8 Å². The largest absolute Gasteiger partial charge is 0.372 e. The molecule has 0 fully saturated rings. The zero-order chi connectivity index (χ0) is 13.9. The molecule has 0 aliphatic heterocycles. The van der Waals surface area contributed by atoms with Gasteiger partial charge in [0.2, 0.25) is 0 Å². The van der Waals surface area contributed by atoms with Crippen molar-refractivity contribution >= 4 is 19.7 Å². The van der Waals surface area contributed by atoms with E-state index in [4.69, 9.17) is 15.4 Å². The van der Waals surface area contributed by atoms with Crippen molar-refractivity contribution in [1.29, 1.82) is 0 Å². The zero-order valence-corrected chi connectivity index (χ0v) is 12.6. The Balaban J connectivity index is 3.17. The van der Waals surface area contributed by atoms with Crippen LogP contribution in [0.4, 0.5) is 0 Å². The van der Waals surface area contributed by atoms with Gasteiger partial charge in [0, 0.05) is 16.7 Å². The summed E-state index contributed by atoms with van der Waals surface area (Å²) in [6.07, 6.45) is 2.14. The first kappa shape index (κ1) is 15.5. The lowest BCUT2D eigenvalue weighted by Crippen LogP contribution is -2.14. The Labute approximate surface area is 113 Å². The van der Waals surface area contributed by atoms with Crippen molar-refractivity contribution in [3.63, 3.8) is 0 Å². The van der Waals surface area contributed by atoms with Crippen LogP contribution in [-0.2, 0) is 20.4 Å². The average Bonchev–Trinajstić information content (AvgIpc) is 2.68. The fourth-order valence-corrected chi connectivity index (χ4v) is 2.50. The summed E-state index contributed by atoms with van der Waals surface area (Å²) in [4.78, 5) is 0.0325. The van der Waals surface area contributed by atoms with Crippen molar-refractivity contribution < 1.29 is 13.2 Å². The second-order valence-corrected chi connectivity index (χ2v) is 6.99. The van der Waals surface area contributed by atoms with Gasteiger partial charge < -0.3 is 4.74 Å². The molecule has 1 heterocycles. The van der Waals surface area contributed by atoms with Gasteiger partial charge in [-0.05, 0) is 27.2 Å². The Morgan fingerprint density at radius 1 is 1.44 bits per heavy atom. The summed E-state index contributed by atoms with van der Waals surface area (Å²) in [6, 6.07) is 0.0999. The summed E-state index contributed by atoms with van der Waals surface area (Å²) in [5.41, 5.74) is 0.507. The van der Waals surface area contributed by atoms with Gasteiger partial charge in [-0.2, -0.15) is 5.10 Å². The van der Waals surface area contributed by atoms with Crippen LogP contribution < -0.4 is 0 Å². The third-order valence-electron chi connectivity index (χ3n) is 2.68. The van der Waals surface area contributed by atoms with E-state index < -0.39 is 9.05 Å². The van der Waals surface area contributed by atoms with Crippen LogP contribution in [0.2, 0.25) is 0 Å². The highest BCUT2D eigenvalue weighted by molar-refractivity contribution is 8.13. The van der Waals surface area contributed by atoms with E-state index in [2.05, 4.69) is 5.10 Å². The molecule has 0 aromatic carbocycles. The normalized spacial score (nSPS) is 14.1. The molecular weight excluding hydrogens is 276 g/mol. The minimum atomic E-state index is -3.79. The summed E-state index contributed by atoms with van der Waals surface area (Å²) in [6.45, 7) is 7.94. The molecule has 0 N–H and O–H groups in total. The van der Waals surface area contributed by atoms with E-state index >= 15 is 0 Å². The van der Waals surface area contributed by atoms with Crippen LogP contribution in [0.3, 0.4) is 0 Å². The van der Waals surface area contributed by atoms with E-state index in [1.165, 1.54) is 6.20 Å². The van der Waals surface area contributed by atoms with Crippen LogP contribution in [-0.4, -0.2) is 24.3 Å². The van der Waals surface area contributed by atoms with Crippen LogP contribution in [0.25, 0.3) is 0 Å². The number of rotatable bonds is 6. The lowest BCUT2D eigenvalue weighted by molar-refractivity contribution is 0.0588. The third-order valence-corrected chi connectivity index (χ3v) is 4.05. The average molecular weight is 295 g/mol. The molecule has 1 aromatic rings. The van der Waals surface area contributed by atoms with E-state index in [-0.39, 0.29) is 23.6 Å². The van der Waals surface area contributed by atoms with E-state index in [1.807, 2.05) is 27.7 Å². The van der Waals surface area contributed by atoms with Gasteiger partial charge in [0.25, 0.3) is 9.05 Å². The maximum atomic E-state index is 11.5. The van der Waals surface area contributed by atoms with Crippen LogP contribution in [0.1, 0.15) is 45.9 Å². The Hall–Kier alpha value is -0.590. The Morgan fingerprint density at radius 3 is 2.50 bits per heavy atom. The van der Waals surface area contributed by atoms with Gasteiger partial charge in [-0.3, -0.25) is 4.68 Å². The molecule has 18 heavy (non-hydrogen) atoms. The predicted molar refractivity (Wildman–Crippen MR) is 70.2 cm³/mol. The van der Waals surface area contributed by atoms with Crippen LogP contribution in [0.5, 0.6) is 0 Å². The molecule has 5 nitrogen and oxygen atoms in total. The van der Waals surface area contributed by atoms with Gasteiger partial charge >= 0.3 is 0 Å². The molecule has 7 heteroatoms. The van der Waals surface area contributed by atoms with Crippen LogP contribution >= 0.6 is 10.7 Å². The lowest BCUT2D eigenvalue weighted by atomic mass is 10.2. The molecule has 1 aromatic heterocycles. The molecule has 104 valence electrons. The monoisotopic (exact) mass is 294 g/mol. The smallest absolute Gasteiger partial charge is 0.264 e. The van der Waals surface area contributed by atoms with Gasteiger partial charge in [0.1, 0.15) is 4.90 Å². The summed E-state index contributed by atoms with van der Waals surface area (Å²) < 4.78 is 30.1. The first-order valence-electron chi connectivity index (χ1n) is 5.90. The summed E-state index contributed by atoms with van der Waals surface area (Å²) >= 11 is 0. The Morgan fingerprint density at radius 2 is 2.06 bits per heavy atom. The van der Waals surface area contributed by atoms with Crippen molar-refractivity contribution in [2.24, 2.45) is 0 Å². The number of hydrogen-bond donors (Lipinski definition) is 0. The number of aromatic nitrogens is 2. The highest BCUT2D eigenvalue weighted by Gasteiger charge is 2.23. The van der Waals surface area contributed by atoms with Gasteiger partial charge in [-0.15, -0.1) is 0 Å². The molecule has 1 rings (SSSR count). The molecule has 0 aliphatic carbocycles. The fraction of sp³-hybridized carbons (Fsp3) is 0.727. The zero-order valence-electron chi connectivity index (χ0n) is 11.1. The van der Waals surface area contributed by atoms with E-state index in [0.717, 1.165) is 6.42 Å². The maximum absolute atomic E-state index is 11.5. The molecule has 0 radical (unpaired) electrons. The van der Waals surface area contributed by atoms with Crippen LogP contribution in [0.15, 0.2) is 11.1 Å². The quantitative estimate of drug-likeness (QED) is 0.757. The molecule has 0 aliphatic rings. The second kappa shape index (κ2) is 6.04. The summed E-state index contributed by atoms with van der Waals surface area (Å²) in [7, 11) is 1.61. The molecule has 1 atom stereocenters. The van der Waals surface area contributed by atoms with Gasteiger partial charge in [-0.25, -0.2) is 8.42 Å². The molecular formula is C11H19ClN2O3S. The van der Waals surface area contributed by atoms with Crippen molar-refractivity contribution in [1.82, 2.24) is 9.78 Å². The SMILES string of the molecule is CC[C@H](C)n1ncc(S(=O)(=O)Cl)c1COC(C)C. The predicted octanol–water partition coefficient (Wildman–Crippen LogP) is 2.71. The fourth-order valence-electron chi connectivity index (χ4n) is 1.51. The van der Waals surface area contributed by atoms with Gasteiger partial charge in [0.05, 0.1) is 24.6 Å². The topological polar surface area (TPSA) is 61.2 Å². The second-order valence-electron chi connectivity index (χ2n) is 4.45. The molecule has 0 spiro atoms. The van der Waals surface area contributed by atoms with Crippen LogP contribution in [0, 0.1) is 0 Å². The van der Waals surface area contributed by atoms with Crippen molar-refractivity contribution in [3.8, 4) is 0 Å². The molecule has 0 amide bonds. The number of nitrogens with zero attached hydrogens (tertiary/aromatic N) is 2. The molecule has 0 saturated heterocycles. The van der Waals surface area contributed by atoms with Gasteiger partial charge in [0.15, 0.2) is 0 Å². The molecule has 0 unspecified atom stereocenters. The van der Waals surface area contributed by atoms with Crippen molar-refractivity contribution in [2.75, 3.05) is 0 Å². The maximum Gasteiger partial charge on any atom is 0.264 e. The van der Waals surface area contributed by atoms with E-state index in [0.29, 0.717) is 5.69 Å². The number of ether oxygens (including phenoxy) is 1. The summed E-state index contributed by atoms with van der Waals surface area (Å²) in [5, 5.41) is 4.10. The Bertz CT molecular complexity index is 496. The first-order chi connectivity index (χ1) is 8.27. The lowest BCUT2D eigenvalue weighted by Gasteiger charge is -2.15. The molecule has 0 bridgehead atoms. The highest BCUT2D eigenvalue weighted by Crippen LogP contribution is 2.24. The number of halogens is 1. The minimum absolute atomic E-state index is 0.0103. The highest BCUT2D eigenvalue weighted by atomic mass is 35.7. The van der Waals surface area contributed by atoms with Crippen molar-refractivity contribution in [3.05, 3.63) is 11.9 Å². The standard InChI is InChI=1S/C11H19ClN2O3S/c1-5-9(4)14-10(7-17-8(2)3)11(6-13-14)18(12,15)16/h6,8-9H,5,7H2,1-4H3/t9-/m0/s1. The summed E-state index contributed by atoms with van der Waals surface area (Å²) in [5.74, 6) is 0. The third kappa shape index (κ3) is 3.70. The number of hydrogen-bond acceptors (Lipinski definition) is 4. The molecule has 0 saturated carbocycles. The minimum Gasteiger partial charge on any atom is -0.372 e. The Kier molecular flexibility index (Phi) is 5.19. The first-order valence-corrected chi connectivity index (χ1v) is 8.21.